The standard InChI is InChI=1S/C13H10ClN3O/c1-8-6-10(2-3-11(8)16)18-13-12(14)9(7-15)4-5-17-13/h2-6H,16H2,1H3. The Hall–Kier alpha value is -2.25. The van der Waals surface area contributed by atoms with Crippen LogP contribution >= 0.6 is 11.6 Å². The topological polar surface area (TPSA) is 71.9 Å². The normalized spacial score (nSPS) is 9.83. The Bertz CT molecular complexity index is 635. The van der Waals surface area contributed by atoms with E-state index < -0.39 is 0 Å². The smallest absolute Gasteiger partial charge is 0.239 e. The zero-order valence-electron chi connectivity index (χ0n) is 9.64. The Labute approximate surface area is 110 Å². The molecule has 0 fully saturated rings. The van der Waals surface area contributed by atoms with Crippen molar-refractivity contribution in [3.63, 3.8) is 0 Å². The van der Waals surface area contributed by atoms with Crippen LogP contribution in [0.3, 0.4) is 0 Å². The van der Waals surface area contributed by atoms with Crippen molar-refractivity contribution in [3.8, 4) is 17.7 Å². The number of aryl methyl sites for hydroxylation is 1. The van der Waals surface area contributed by atoms with E-state index in [2.05, 4.69) is 4.98 Å². The maximum absolute atomic E-state index is 8.86. The highest BCUT2D eigenvalue weighted by molar-refractivity contribution is 6.33. The van der Waals surface area contributed by atoms with Crippen molar-refractivity contribution in [1.82, 2.24) is 4.98 Å². The number of nitrogen functional groups attached to an aromatic ring is 1. The summed E-state index contributed by atoms with van der Waals surface area (Å²) in [5.74, 6) is 0.783. The zero-order valence-corrected chi connectivity index (χ0v) is 10.4. The van der Waals surface area contributed by atoms with Gasteiger partial charge in [0.15, 0.2) is 0 Å². The Balaban J connectivity index is 2.35. The van der Waals surface area contributed by atoms with Gasteiger partial charge in [0.05, 0.1) is 5.56 Å². The highest BCUT2D eigenvalue weighted by atomic mass is 35.5. The third-order valence-electron chi connectivity index (χ3n) is 2.43. The van der Waals surface area contributed by atoms with Crippen molar-refractivity contribution < 1.29 is 4.74 Å². The molecule has 1 aromatic heterocycles. The Kier molecular flexibility index (Phi) is 3.35. The fraction of sp³-hybridized carbons (Fsp3) is 0.0769. The average molecular weight is 260 g/mol. The molecule has 0 spiro atoms. The van der Waals surface area contributed by atoms with Gasteiger partial charge >= 0.3 is 0 Å². The van der Waals surface area contributed by atoms with E-state index >= 15 is 0 Å². The molecule has 0 bridgehead atoms. The van der Waals surface area contributed by atoms with Gasteiger partial charge in [-0.2, -0.15) is 5.26 Å². The quantitative estimate of drug-likeness (QED) is 0.840. The van der Waals surface area contributed by atoms with Gasteiger partial charge < -0.3 is 10.5 Å². The van der Waals surface area contributed by atoms with Crippen molar-refractivity contribution in [1.29, 1.82) is 5.26 Å². The molecule has 0 radical (unpaired) electrons. The van der Waals surface area contributed by atoms with Crippen molar-refractivity contribution >= 4 is 17.3 Å². The first-order chi connectivity index (χ1) is 8.61. The van der Waals surface area contributed by atoms with Gasteiger partial charge in [-0.25, -0.2) is 4.98 Å². The summed E-state index contributed by atoms with van der Waals surface area (Å²) >= 11 is 6.00. The minimum absolute atomic E-state index is 0.203. The van der Waals surface area contributed by atoms with E-state index in [-0.39, 0.29) is 10.9 Å². The number of halogens is 1. The third kappa shape index (κ3) is 2.36. The summed E-state index contributed by atoms with van der Waals surface area (Å²) in [4.78, 5) is 4.00. The SMILES string of the molecule is Cc1cc(Oc2nccc(C#N)c2Cl)ccc1N. The first-order valence-electron chi connectivity index (χ1n) is 5.20. The van der Waals surface area contributed by atoms with E-state index in [4.69, 9.17) is 27.3 Å². The molecule has 0 aliphatic rings. The van der Waals surface area contributed by atoms with Gasteiger partial charge in [0, 0.05) is 11.9 Å². The van der Waals surface area contributed by atoms with Crippen molar-refractivity contribution in [2.24, 2.45) is 0 Å². The lowest BCUT2D eigenvalue weighted by Crippen LogP contribution is -1.93. The number of anilines is 1. The molecule has 5 heteroatoms. The first kappa shape index (κ1) is 12.2. The van der Waals surface area contributed by atoms with Gasteiger partial charge in [-0.05, 0) is 36.8 Å². The fourth-order valence-electron chi connectivity index (χ4n) is 1.41. The maximum atomic E-state index is 8.86. The lowest BCUT2D eigenvalue weighted by Gasteiger charge is -2.08. The van der Waals surface area contributed by atoms with Gasteiger partial charge in [0.2, 0.25) is 5.88 Å². The van der Waals surface area contributed by atoms with Crippen LogP contribution in [0.4, 0.5) is 5.69 Å². The van der Waals surface area contributed by atoms with Crippen LogP contribution in [0.1, 0.15) is 11.1 Å². The molecular formula is C13H10ClN3O. The Morgan fingerprint density at radius 2 is 2.17 bits per heavy atom. The van der Waals surface area contributed by atoms with E-state index in [0.29, 0.717) is 17.0 Å². The Morgan fingerprint density at radius 1 is 1.39 bits per heavy atom. The van der Waals surface area contributed by atoms with Crippen LogP contribution in [0, 0.1) is 18.3 Å². The summed E-state index contributed by atoms with van der Waals surface area (Å²) in [5, 5.41) is 9.06. The van der Waals surface area contributed by atoms with Crippen LogP contribution in [0.2, 0.25) is 5.02 Å². The summed E-state index contributed by atoms with van der Waals surface area (Å²) in [6.45, 7) is 1.88. The molecule has 0 atom stereocenters. The van der Waals surface area contributed by atoms with Gasteiger partial charge in [-0.3, -0.25) is 0 Å². The van der Waals surface area contributed by atoms with E-state index in [1.807, 2.05) is 13.0 Å². The molecule has 18 heavy (non-hydrogen) atoms. The summed E-state index contributed by atoms with van der Waals surface area (Å²) in [6, 6.07) is 8.75. The third-order valence-corrected chi connectivity index (χ3v) is 2.80. The fourth-order valence-corrected chi connectivity index (χ4v) is 1.60. The molecule has 0 aliphatic carbocycles. The molecule has 0 saturated carbocycles. The van der Waals surface area contributed by atoms with Crippen LogP contribution in [-0.4, -0.2) is 4.98 Å². The number of nitrogens with zero attached hydrogens (tertiary/aromatic N) is 2. The van der Waals surface area contributed by atoms with E-state index in [0.717, 1.165) is 5.56 Å². The highest BCUT2D eigenvalue weighted by Gasteiger charge is 2.09. The van der Waals surface area contributed by atoms with Crippen molar-refractivity contribution in [2.75, 3.05) is 5.73 Å². The minimum Gasteiger partial charge on any atom is -0.437 e. The Morgan fingerprint density at radius 3 is 2.83 bits per heavy atom. The van der Waals surface area contributed by atoms with Crippen LogP contribution in [0.15, 0.2) is 30.5 Å². The number of benzene rings is 1. The summed E-state index contributed by atoms with van der Waals surface area (Å²) in [5.41, 5.74) is 7.63. The van der Waals surface area contributed by atoms with Crippen LogP contribution in [0.5, 0.6) is 11.6 Å². The highest BCUT2D eigenvalue weighted by Crippen LogP contribution is 2.30. The van der Waals surface area contributed by atoms with Gasteiger partial charge in [0.25, 0.3) is 0 Å². The number of hydrogen-bond donors (Lipinski definition) is 1. The molecular weight excluding hydrogens is 250 g/mol. The minimum atomic E-state index is 0.203. The summed E-state index contributed by atoms with van der Waals surface area (Å²) in [6.07, 6.45) is 1.48. The zero-order chi connectivity index (χ0) is 13.1. The van der Waals surface area contributed by atoms with Crippen LogP contribution in [-0.2, 0) is 0 Å². The monoisotopic (exact) mass is 259 g/mol. The second kappa shape index (κ2) is 4.94. The molecule has 1 aromatic carbocycles. The molecule has 0 aliphatic heterocycles. The molecule has 4 nitrogen and oxygen atoms in total. The molecule has 2 rings (SSSR count). The second-order valence-electron chi connectivity index (χ2n) is 3.71. The predicted octanol–water partition coefficient (Wildman–Crippen LogP) is 3.29. The van der Waals surface area contributed by atoms with E-state index in [1.54, 1.807) is 18.2 Å². The number of nitriles is 1. The van der Waals surface area contributed by atoms with E-state index in [1.165, 1.54) is 12.3 Å². The average Bonchev–Trinajstić information content (AvgIpc) is 2.36. The molecule has 0 saturated heterocycles. The number of ether oxygens (including phenoxy) is 1. The van der Waals surface area contributed by atoms with Crippen molar-refractivity contribution in [2.45, 2.75) is 6.92 Å². The van der Waals surface area contributed by atoms with Gasteiger partial charge in [-0.1, -0.05) is 11.6 Å². The maximum Gasteiger partial charge on any atom is 0.239 e. The number of nitrogens with two attached hydrogens (primary N) is 1. The first-order valence-corrected chi connectivity index (χ1v) is 5.58. The number of aromatic nitrogens is 1. The lowest BCUT2D eigenvalue weighted by molar-refractivity contribution is 0.463. The van der Waals surface area contributed by atoms with Crippen molar-refractivity contribution in [3.05, 3.63) is 46.6 Å². The number of hydrogen-bond acceptors (Lipinski definition) is 4. The summed E-state index contributed by atoms with van der Waals surface area (Å²) < 4.78 is 5.54. The molecule has 1 heterocycles. The number of rotatable bonds is 2. The predicted molar refractivity (Wildman–Crippen MR) is 69.6 cm³/mol. The molecule has 2 aromatic rings. The van der Waals surface area contributed by atoms with Gasteiger partial charge in [0.1, 0.15) is 16.8 Å². The van der Waals surface area contributed by atoms with E-state index in [9.17, 15) is 0 Å². The number of pyridine rings is 1. The molecule has 0 unspecified atom stereocenters. The molecule has 90 valence electrons. The van der Waals surface area contributed by atoms with Crippen LogP contribution in [0.25, 0.3) is 0 Å². The summed E-state index contributed by atoms with van der Waals surface area (Å²) in [7, 11) is 0. The molecule has 0 amide bonds. The second-order valence-corrected chi connectivity index (χ2v) is 4.09. The van der Waals surface area contributed by atoms with Gasteiger partial charge in [-0.15, -0.1) is 0 Å². The lowest BCUT2D eigenvalue weighted by atomic mass is 10.2. The molecule has 2 N–H and O–H groups in total. The van der Waals surface area contributed by atoms with Crippen LogP contribution < -0.4 is 10.5 Å². The largest absolute Gasteiger partial charge is 0.437 e.